The van der Waals surface area contributed by atoms with Crippen molar-refractivity contribution in [3.63, 3.8) is 0 Å². The van der Waals surface area contributed by atoms with Crippen molar-refractivity contribution >= 4 is 35.1 Å². The van der Waals surface area contributed by atoms with Gasteiger partial charge in [0.05, 0.1) is 5.56 Å². The summed E-state index contributed by atoms with van der Waals surface area (Å²) in [5, 5.41) is -0.390. The lowest BCUT2D eigenvalue weighted by Gasteiger charge is -2.11. The maximum absolute atomic E-state index is 11.6. The molecule has 1 aliphatic heterocycles. The highest BCUT2D eigenvalue weighted by atomic mass is 35.5. The molecule has 0 saturated heterocycles. The topological polar surface area (TPSA) is 52.6 Å². The molecule has 4 nitrogen and oxygen atoms in total. The zero-order valence-electron chi connectivity index (χ0n) is 8.35. The second-order valence-corrected chi connectivity index (χ2v) is 3.96. The molecule has 0 aliphatic carbocycles. The molecule has 88 valence electrons. The molecule has 1 unspecified atom stereocenters. The van der Waals surface area contributed by atoms with Crippen LogP contribution in [-0.4, -0.2) is 18.2 Å². The first kappa shape index (κ1) is 12.0. The smallest absolute Gasteiger partial charge is 0.354 e. The van der Waals surface area contributed by atoms with Gasteiger partial charge in [0.25, 0.3) is 6.29 Å². The molecule has 1 aromatic rings. The molecule has 1 aliphatic rings. The van der Waals surface area contributed by atoms with Crippen LogP contribution in [0.2, 0.25) is 0 Å². The molecule has 2 rings (SSSR count). The summed E-state index contributed by atoms with van der Waals surface area (Å²) in [5.74, 6) is -1.45. The fraction of sp³-hybridized carbons (Fsp3) is 0.0909. The average Bonchev–Trinajstić information content (AvgIpc) is 2.58. The number of carbonyl (C=O) groups is 2. The number of cyclic esters (lactones) is 1. The highest BCUT2D eigenvalue weighted by Crippen LogP contribution is 2.29. The van der Waals surface area contributed by atoms with Crippen molar-refractivity contribution in [2.45, 2.75) is 6.29 Å². The summed E-state index contributed by atoms with van der Waals surface area (Å²) < 4.78 is 9.55. The SMILES string of the molecule is O=C1OC(OC(=O)c2ccccc2)C(Cl)=C1Cl. The molecule has 1 heterocycles. The van der Waals surface area contributed by atoms with E-state index in [1.807, 2.05) is 0 Å². The van der Waals surface area contributed by atoms with E-state index in [2.05, 4.69) is 4.74 Å². The number of esters is 2. The lowest BCUT2D eigenvalue weighted by atomic mass is 10.2. The Labute approximate surface area is 107 Å². The van der Waals surface area contributed by atoms with E-state index in [-0.39, 0.29) is 10.1 Å². The molecule has 0 spiro atoms. The Balaban J connectivity index is 2.09. The molecule has 1 atom stereocenters. The van der Waals surface area contributed by atoms with Crippen LogP contribution >= 0.6 is 23.2 Å². The predicted molar refractivity (Wildman–Crippen MR) is 60.5 cm³/mol. The number of benzene rings is 1. The average molecular weight is 273 g/mol. The summed E-state index contributed by atoms with van der Waals surface area (Å²) in [4.78, 5) is 22.6. The van der Waals surface area contributed by atoms with Gasteiger partial charge in [-0.25, -0.2) is 9.59 Å². The first-order valence-corrected chi connectivity index (χ1v) is 5.37. The van der Waals surface area contributed by atoms with Gasteiger partial charge in [-0.1, -0.05) is 41.4 Å². The Morgan fingerprint density at radius 3 is 2.41 bits per heavy atom. The minimum Gasteiger partial charge on any atom is -0.416 e. The van der Waals surface area contributed by atoms with Crippen LogP contribution in [0.3, 0.4) is 0 Å². The highest BCUT2D eigenvalue weighted by Gasteiger charge is 2.35. The summed E-state index contributed by atoms with van der Waals surface area (Å²) in [6.45, 7) is 0. The quantitative estimate of drug-likeness (QED) is 0.776. The van der Waals surface area contributed by atoms with Gasteiger partial charge in [0.1, 0.15) is 10.1 Å². The van der Waals surface area contributed by atoms with Crippen molar-refractivity contribution in [1.82, 2.24) is 0 Å². The Kier molecular flexibility index (Phi) is 3.36. The van der Waals surface area contributed by atoms with Crippen LogP contribution in [0.5, 0.6) is 0 Å². The lowest BCUT2D eigenvalue weighted by molar-refractivity contribution is -0.151. The molecular formula is C11H6Cl2O4. The van der Waals surface area contributed by atoms with Crippen molar-refractivity contribution in [2.75, 3.05) is 0 Å². The third-order valence-electron chi connectivity index (χ3n) is 2.03. The molecule has 1 aromatic carbocycles. The van der Waals surface area contributed by atoms with Crippen molar-refractivity contribution in [1.29, 1.82) is 0 Å². The first-order chi connectivity index (χ1) is 8.09. The summed E-state index contributed by atoms with van der Waals surface area (Å²) in [5.41, 5.74) is 0.330. The van der Waals surface area contributed by atoms with Crippen LogP contribution in [0, 0.1) is 0 Å². The minimum atomic E-state index is -1.26. The van der Waals surface area contributed by atoms with Crippen molar-refractivity contribution < 1.29 is 19.1 Å². The van der Waals surface area contributed by atoms with Crippen LogP contribution < -0.4 is 0 Å². The number of hydrogen-bond acceptors (Lipinski definition) is 4. The highest BCUT2D eigenvalue weighted by molar-refractivity contribution is 6.48. The summed E-state index contributed by atoms with van der Waals surface area (Å²) in [6.07, 6.45) is -1.26. The third kappa shape index (κ3) is 2.43. The molecule has 0 saturated carbocycles. The molecule has 6 heteroatoms. The lowest BCUT2D eigenvalue weighted by Crippen LogP contribution is -2.19. The molecule has 0 N–H and O–H groups in total. The van der Waals surface area contributed by atoms with E-state index in [0.717, 1.165) is 0 Å². The zero-order chi connectivity index (χ0) is 12.4. The van der Waals surface area contributed by atoms with E-state index >= 15 is 0 Å². The van der Waals surface area contributed by atoms with E-state index < -0.39 is 18.2 Å². The predicted octanol–water partition coefficient (Wildman–Crippen LogP) is 2.42. The van der Waals surface area contributed by atoms with Crippen molar-refractivity contribution in [3.8, 4) is 0 Å². The minimum absolute atomic E-state index is 0.124. The Morgan fingerprint density at radius 2 is 1.88 bits per heavy atom. The van der Waals surface area contributed by atoms with Crippen LogP contribution in [0.25, 0.3) is 0 Å². The largest absolute Gasteiger partial charge is 0.416 e. The van der Waals surface area contributed by atoms with Crippen LogP contribution in [0.4, 0.5) is 0 Å². The maximum atomic E-state index is 11.6. The van der Waals surface area contributed by atoms with E-state index in [1.54, 1.807) is 30.3 Å². The zero-order valence-corrected chi connectivity index (χ0v) is 9.86. The van der Waals surface area contributed by atoms with Crippen LogP contribution in [-0.2, 0) is 14.3 Å². The van der Waals surface area contributed by atoms with Gasteiger partial charge < -0.3 is 9.47 Å². The van der Waals surface area contributed by atoms with Gasteiger partial charge in [-0.3, -0.25) is 0 Å². The number of halogens is 2. The van der Waals surface area contributed by atoms with Gasteiger partial charge in [-0.15, -0.1) is 0 Å². The Morgan fingerprint density at radius 1 is 1.24 bits per heavy atom. The van der Waals surface area contributed by atoms with Gasteiger partial charge >= 0.3 is 11.9 Å². The summed E-state index contributed by atoms with van der Waals surface area (Å²) in [6, 6.07) is 8.26. The summed E-state index contributed by atoms with van der Waals surface area (Å²) >= 11 is 11.2. The number of rotatable bonds is 2. The van der Waals surface area contributed by atoms with Gasteiger partial charge in [-0.05, 0) is 12.1 Å². The van der Waals surface area contributed by atoms with E-state index in [4.69, 9.17) is 27.9 Å². The van der Waals surface area contributed by atoms with Crippen molar-refractivity contribution in [3.05, 3.63) is 46.0 Å². The van der Waals surface area contributed by atoms with E-state index in [1.165, 1.54) is 0 Å². The molecular weight excluding hydrogens is 267 g/mol. The number of carbonyl (C=O) groups excluding carboxylic acids is 2. The second-order valence-electron chi connectivity index (χ2n) is 3.17. The molecule has 17 heavy (non-hydrogen) atoms. The van der Waals surface area contributed by atoms with Gasteiger partial charge in [-0.2, -0.15) is 0 Å². The molecule has 0 bridgehead atoms. The Bertz CT molecular complexity index is 495. The molecule has 0 fully saturated rings. The fourth-order valence-corrected chi connectivity index (χ4v) is 1.52. The van der Waals surface area contributed by atoms with Crippen LogP contribution in [0.15, 0.2) is 40.4 Å². The number of hydrogen-bond donors (Lipinski definition) is 0. The normalized spacial score (nSPS) is 19.2. The molecule has 0 radical (unpaired) electrons. The standard InChI is InChI=1S/C11H6Cl2O4/c12-7-8(13)11(17-10(7)15)16-9(14)6-4-2-1-3-5-6/h1-5,11H. The first-order valence-electron chi connectivity index (χ1n) is 4.62. The number of ether oxygens (including phenoxy) is 2. The van der Waals surface area contributed by atoms with Crippen LogP contribution in [0.1, 0.15) is 10.4 Å². The molecule has 0 aromatic heterocycles. The van der Waals surface area contributed by atoms with E-state index in [0.29, 0.717) is 5.56 Å². The van der Waals surface area contributed by atoms with Gasteiger partial charge in [0, 0.05) is 0 Å². The maximum Gasteiger partial charge on any atom is 0.354 e. The van der Waals surface area contributed by atoms with Gasteiger partial charge in [0.2, 0.25) is 0 Å². The third-order valence-corrected chi connectivity index (χ3v) is 2.86. The van der Waals surface area contributed by atoms with Gasteiger partial charge in [0.15, 0.2) is 0 Å². The second kappa shape index (κ2) is 4.77. The molecule has 0 amide bonds. The fourth-order valence-electron chi connectivity index (χ4n) is 1.22. The van der Waals surface area contributed by atoms with Crippen molar-refractivity contribution in [2.24, 2.45) is 0 Å². The Hall–Kier alpha value is -1.52. The monoisotopic (exact) mass is 272 g/mol. The van der Waals surface area contributed by atoms with E-state index in [9.17, 15) is 9.59 Å². The summed E-state index contributed by atoms with van der Waals surface area (Å²) in [7, 11) is 0.